The number of benzene rings is 1. The zero-order valence-corrected chi connectivity index (χ0v) is 12.2. The average Bonchev–Trinajstić information content (AvgIpc) is 2.39. The van der Waals surface area contributed by atoms with Crippen LogP contribution in [-0.2, 0) is 6.42 Å². The van der Waals surface area contributed by atoms with E-state index in [1.165, 1.54) is 44.9 Å². The number of rotatable bonds is 8. The summed E-state index contributed by atoms with van der Waals surface area (Å²) in [5, 5.41) is 23.5. The van der Waals surface area contributed by atoms with Crippen molar-refractivity contribution in [1.29, 1.82) is 0 Å². The van der Waals surface area contributed by atoms with Gasteiger partial charge in [-0.1, -0.05) is 63.6 Å². The summed E-state index contributed by atoms with van der Waals surface area (Å²) >= 11 is 0. The van der Waals surface area contributed by atoms with Crippen molar-refractivity contribution in [2.45, 2.75) is 58.3 Å². The Morgan fingerprint density at radius 2 is 1.43 bits per heavy atom. The Morgan fingerprint density at radius 1 is 0.952 bits per heavy atom. The number of phenolic OH excluding ortho intramolecular Hbond substituents is 1. The summed E-state index contributed by atoms with van der Waals surface area (Å²) in [6.07, 6.45) is 8.45. The predicted octanol–water partition coefficient (Wildman–Crippen LogP) is 3.99. The first-order chi connectivity index (χ1) is 9.57. The van der Waals surface area contributed by atoms with Gasteiger partial charge in [0.2, 0.25) is 0 Å². The summed E-state index contributed by atoms with van der Waals surface area (Å²) in [7, 11) is 0. The molecule has 0 aliphatic carbocycles. The van der Waals surface area contributed by atoms with Crippen LogP contribution in [0.4, 0.5) is 4.79 Å². The molecule has 0 amide bonds. The van der Waals surface area contributed by atoms with Crippen molar-refractivity contribution in [2.24, 2.45) is 0 Å². The summed E-state index contributed by atoms with van der Waals surface area (Å²) < 4.78 is 0. The second-order valence-electron chi connectivity index (χ2n) is 4.78. The first kappa shape index (κ1) is 22.8. The first-order valence-electron chi connectivity index (χ1n) is 7.26. The Hall–Kier alpha value is -0.450. The van der Waals surface area contributed by atoms with E-state index in [1.807, 2.05) is 18.2 Å². The number of unbranched alkanes of at least 4 members (excludes halogenated alkanes) is 6. The quantitative estimate of drug-likeness (QED) is 0.499. The third kappa shape index (κ3) is 15.8. The fraction of sp³-hybridized carbons (Fsp3) is 0.562. The fourth-order valence-electron chi connectivity index (χ4n) is 1.99. The topological polar surface area (TPSA) is 77.8 Å². The number of carboxylic acid groups (broad SMARTS) is 2. The van der Waals surface area contributed by atoms with Gasteiger partial charge in [0.15, 0.2) is 0 Å². The SMILES string of the molecule is CCCCCCCCCc1ccccc1O.O=C(O)O.[CaH2]. The molecule has 0 unspecified atom stereocenters. The van der Waals surface area contributed by atoms with Crippen LogP contribution in [-0.4, -0.2) is 59.2 Å². The predicted molar refractivity (Wildman–Crippen MR) is 89.0 cm³/mol. The summed E-state index contributed by atoms with van der Waals surface area (Å²) in [6, 6.07) is 7.67. The van der Waals surface area contributed by atoms with E-state index in [1.54, 1.807) is 6.07 Å². The van der Waals surface area contributed by atoms with Crippen LogP contribution in [0.2, 0.25) is 0 Å². The van der Waals surface area contributed by atoms with Crippen LogP contribution in [0.5, 0.6) is 5.75 Å². The van der Waals surface area contributed by atoms with Gasteiger partial charge in [0.25, 0.3) is 0 Å². The van der Waals surface area contributed by atoms with Crippen molar-refractivity contribution >= 4 is 43.9 Å². The molecule has 118 valence electrons. The molecule has 0 spiro atoms. The van der Waals surface area contributed by atoms with Gasteiger partial charge in [-0.25, -0.2) is 4.79 Å². The molecule has 3 N–H and O–H groups in total. The molecule has 0 fully saturated rings. The van der Waals surface area contributed by atoms with Crippen molar-refractivity contribution in [1.82, 2.24) is 0 Å². The van der Waals surface area contributed by atoms with Crippen LogP contribution in [0.1, 0.15) is 57.4 Å². The molecule has 0 aliphatic heterocycles. The van der Waals surface area contributed by atoms with E-state index in [0.717, 1.165) is 12.0 Å². The van der Waals surface area contributed by atoms with Crippen LogP contribution in [0.3, 0.4) is 0 Å². The molecule has 0 saturated heterocycles. The number of phenols is 1. The van der Waals surface area contributed by atoms with E-state index in [2.05, 4.69) is 6.92 Å². The Kier molecular flexibility index (Phi) is 17.3. The fourth-order valence-corrected chi connectivity index (χ4v) is 1.99. The van der Waals surface area contributed by atoms with Gasteiger partial charge in [-0.05, 0) is 24.5 Å². The van der Waals surface area contributed by atoms with Crippen LogP contribution in [0.15, 0.2) is 24.3 Å². The molecule has 5 heteroatoms. The third-order valence-electron chi connectivity index (χ3n) is 3.04. The molecule has 21 heavy (non-hydrogen) atoms. The molecule has 0 saturated carbocycles. The summed E-state index contributed by atoms with van der Waals surface area (Å²) in [6.45, 7) is 2.25. The minimum absolute atomic E-state index is 0. The zero-order valence-electron chi connectivity index (χ0n) is 12.2. The zero-order chi connectivity index (χ0) is 15.2. The first-order valence-corrected chi connectivity index (χ1v) is 7.26. The monoisotopic (exact) mass is 324 g/mol. The molecule has 4 nitrogen and oxygen atoms in total. The van der Waals surface area contributed by atoms with E-state index in [-0.39, 0.29) is 37.7 Å². The Balaban J connectivity index is 0. The number of aromatic hydroxyl groups is 1. The number of hydrogen-bond acceptors (Lipinski definition) is 2. The number of carbonyl (C=O) groups is 1. The Bertz CT molecular complexity index is 365. The second kappa shape index (κ2) is 15.9. The van der Waals surface area contributed by atoms with E-state index >= 15 is 0 Å². The molecular weight excluding hydrogens is 296 g/mol. The van der Waals surface area contributed by atoms with Gasteiger partial charge < -0.3 is 15.3 Å². The normalized spacial score (nSPS) is 9.19. The van der Waals surface area contributed by atoms with Gasteiger partial charge in [0, 0.05) is 0 Å². The van der Waals surface area contributed by atoms with E-state index in [0.29, 0.717) is 5.75 Å². The number of hydrogen-bond donors (Lipinski definition) is 3. The number of aryl methyl sites for hydroxylation is 1. The summed E-state index contributed by atoms with van der Waals surface area (Å²) in [5.74, 6) is 0.452. The molecule has 0 bridgehead atoms. The molecular formula is C16H28CaO4. The minimum atomic E-state index is -1.83. The molecule has 0 radical (unpaired) electrons. The summed E-state index contributed by atoms with van der Waals surface area (Å²) in [4.78, 5) is 8.56. The molecule has 0 atom stereocenters. The van der Waals surface area contributed by atoms with E-state index in [4.69, 9.17) is 15.0 Å². The van der Waals surface area contributed by atoms with Gasteiger partial charge >= 0.3 is 43.9 Å². The van der Waals surface area contributed by atoms with E-state index < -0.39 is 6.16 Å². The maximum atomic E-state index is 9.58. The average molecular weight is 324 g/mol. The van der Waals surface area contributed by atoms with Crippen LogP contribution in [0.25, 0.3) is 0 Å². The van der Waals surface area contributed by atoms with Crippen LogP contribution >= 0.6 is 0 Å². The molecule has 0 heterocycles. The molecule has 0 aliphatic rings. The molecule has 1 aromatic carbocycles. The van der Waals surface area contributed by atoms with Gasteiger partial charge in [0.05, 0.1) is 0 Å². The molecule has 1 aromatic rings. The van der Waals surface area contributed by atoms with Crippen molar-refractivity contribution in [3.8, 4) is 5.75 Å². The third-order valence-corrected chi connectivity index (χ3v) is 3.04. The van der Waals surface area contributed by atoms with E-state index in [9.17, 15) is 5.11 Å². The van der Waals surface area contributed by atoms with Crippen LogP contribution in [0, 0.1) is 0 Å². The van der Waals surface area contributed by atoms with Crippen molar-refractivity contribution < 1.29 is 20.1 Å². The second-order valence-corrected chi connectivity index (χ2v) is 4.78. The summed E-state index contributed by atoms with van der Waals surface area (Å²) in [5.41, 5.74) is 1.09. The van der Waals surface area contributed by atoms with Crippen molar-refractivity contribution in [2.75, 3.05) is 0 Å². The van der Waals surface area contributed by atoms with Gasteiger partial charge in [-0.2, -0.15) is 0 Å². The van der Waals surface area contributed by atoms with Crippen molar-refractivity contribution in [3.63, 3.8) is 0 Å². The van der Waals surface area contributed by atoms with Crippen molar-refractivity contribution in [3.05, 3.63) is 29.8 Å². The molecule has 1 rings (SSSR count). The standard InChI is InChI=1S/C15H24O.CH2O3.Ca.2H/c1-2-3-4-5-6-7-8-11-14-12-9-10-13-15(14)16;2-1(3)4;;;/h9-10,12-13,16H,2-8,11H2,1H3;(H2,2,3,4);;;. The van der Waals surface area contributed by atoms with Crippen LogP contribution < -0.4 is 0 Å². The van der Waals surface area contributed by atoms with Gasteiger partial charge in [-0.3, -0.25) is 0 Å². The molecule has 0 aromatic heterocycles. The van der Waals surface area contributed by atoms with Gasteiger partial charge in [0.1, 0.15) is 5.75 Å². The Morgan fingerprint density at radius 3 is 1.95 bits per heavy atom. The number of para-hydroxylation sites is 1. The maximum absolute atomic E-state index is 9.58. The Labute approximate surface area is 157 Å². The van der Waals surface area contributed by atoms with Gasteiger partial charge in [-0.15, -0.1) is 0 Å².